The second kappa shape index (κ2) is 6.38. The van der Waals surface area contributed by atoms with E-state index in [1.807, 2.05) is 36.6 Å². The molecule has 1 rings (SSSR count). The number of carbonyl (C=O) groups excluding carboxylic acids is 1. The highest BCUT2D eigenvalue weighted by molar-refractivity contribution is 7.09. The molecule has 0 aromatic carbocycles. The molecule has 0 atom stereocenters. The Kier molecular flexibility index (Phi) is 5.00. The zero-order valence-corrected chi connectivity index (χ0v) is 9.05. The molecule has 0 fully saturated rings. The Hall–Kier alpha value is -1.09. The van der Waals surface area contributed by atoms with Crippen molar-refractivity contribution in [1.82, 2.24) is 0 Å². The number of esters is 1. The van der Waals surface area contributed by atoms with Crippen LogP contribution in [0.1, 0.15) is 18.2 Å². The number of rotatable bonds is 5. The van der Waals surface area contributed by atoms with Crippen molar-refractivity contribution in [2.24, 2.45) is 0 Å². The number of carbonyl (C=O) groups is 1. The summed E-state index contributed by atoms with van der Waals surface area (Å²) in [5, 5.41) is 2.01. The van der Waals surface area contributed by atoms with Gasteiger partial charge in [0.1, 0.15) is 6.61 Å². The smallest absolute Gasteiger partial charge is 0.306 e. The van der Waals surface area contributed by atoms with Crippen LogP contribution in [0.2, 0.25) is 0 Å². The maximum absolute atomic E-state index is 11.2. The summed E-state index contributed by atoms with van der Waals surface area (Å²) < 4.78 is 4.96. The van der Waals surface area contributed by atoms with E-state index in [0.29, 0.717) is 13.0 Å². The van der Waals surface area contributed by atoms with Gasteiger partial charge in [-0.15, -0.1) is 11.3 Å². The van der Waals surface area contributed by atoms with E-state index in [1.54, 1.807) is 11.3 Å². The van der Waals surface area contributed by atoms with Crippen LogP contribution in [-0.4, -0.2) is 12.6 Å². The van der Waals surface area contributed by atoms with E-state index in [4.69, 9.17) is 4.74 Å². The van der Waals surface area contributed by atoms with Crippen LogP contribution in [-0.2, 0) is 16.0 Å². The molecule has 0 aliphatic heterocycles. The SMILES string of the molecule is C/C=C/COC(=O)CCc1cccs1. The first-order chi connectivity index (χ1) is 6.83. The van der Waals surface area contributed by atoms with Gasteiger partial charge in [-0.2, -0.15) is 0 Å². The molecule has 14 heavy (non-hydrogen) atoms. The molecule has 1 aromatic rings. The van der Waals surface area contributed by atoms with E-state index in [-0.39, 0.29) is 5.97 Å². The number of ether oxygens (including phenoxy) is 1. The van der Waals surface area contributed by atoms with Gasteiger partial charge in [0.25, 0.3) is 0 Å². The number of hydrogen-bond acceptors (Lipinski definition) is 3. The van der Waals surface area contributed by atoms with Crippen LogP contribution in [0, 0.1) is 0 Å². The molecule has 0 bridgehead atoms. The van der Waals surface area contributed by atoms with Crippen LogP contribution in [0.25, 0.3) is 0 Å². The monoisotopic (exact) mass is 210 g/mol. The minimum absolute atomic E-state index is 0.128. The fourth-order valence-corrected chi connectivity index (χ4v) is 1.70. The first kappa shape index (κ1) is 11.0. The molecule has 1 heterocycles. The van der Waals surface area contributed by atoms with Crippen molar-refractivity contribution in [3.63, 3.8) is 0 Å². The normalized spacial score (nSPS) is 10.6. The lowest BCUT2D eigenvalue weighted by Crippen LogP contribution is -2.05. The van der Waals surface area contributed by atoms with Crippen molar-refractivity contribution < 1.29 is 9.53 Å². The van der Waals surface area contributed by atoms with Gasteiger partial charge in [-0.25, -0.2) is 0 Å². The van der Waals surface area contributed by atoms with Gasteiger partial charge in [-0.3, -0.25) is 4.79 Å². The van der Waals surface area contributed by atoms with Crippen molar-refractivity contribution in [2.45, 2.75) is 19.8 Å². The summed E-state index contributed by atoms with van der Waals surface area (Å²) in [6.07, 6.45) is 4.94. The van der Waals surface area contributed by atoms with Gasteiger partial charge in [0.05, 0.1) is 6.42 Å². The van der Waals surface area contributed by atoms with Crippen molar-refractivity contribution in [3.8, 4) is 0 Å². The maximum atomic E-state index is 11.2. The molecule has 0 amide bonds. The van der Waals surface area contributed by atoms with E-state index < -0.39 is 0 Å². The molecule has 0 spiro atoms. The Morgan fingerprint density at radius 3 is 3.14 bits per heavy atom. The topological polar surface area (TPSA) is 26.3 Å². The Bertz CT molecular complexity index is 288. The van der Waals surface area contributed by atoms with Crippen LogP contribution in [0.15, 0.2) is 29.7 Å². The summed E-state index contributed by atoms with van der Waals surface area (Å²) >= 11 is 1.67. The van der Waals surface area contributed by atoms with Gasteiger partial charge in [-0.1, -0.05) is 18.2 Å². The quantitative estimate of drug-likeness (QED) is 0.552. The third-order valence-corrected chi connectivity index (χ3v) is 2.67. The van der Waals surface area contributed by atoms with E-state index in [0.717, 1.165) is 6.42 Å². The van der Waals surface area contributed by atoms with Gasteiger partial charge in [0.2, 0.25) is 0 Å². The molecule has 0 saturated heterocycles. The second-order valence-corrected chi connectivity index (χ2v) is 3.86. The molecule has 0 aliphatic carbocycles. The standard InChI is InChI=1S/C11H14O2S/c1-2-3-8-13-11(12)7-6-10-5-4-9-14-10/h2-5,9H,6-8H2,1H3/b3-2+. The highest BCUT2D eigenvalue weighted by Gasteiger charge is 2.02. The summed E-state index contributed by atoms with van der Waals surface area (Å²) in [6.45, 7) is 2.29. The average molecular weight is 210 g/mol. The van der Waals surface area contributed by atoms with Gasteiger partial charge >= 0.3 is 5.97 Å². The van der Waals surface area contributed by atoms with Crippen LogP contribution in [0.5, 0.6) is 0 Å². The van der Waals surface area contributed by atoms with E-state index in [9.17, 15) is 4.79 Å². The number of aryl methyl sites for hydroxylation is 1. The molecule has 1 aromatic heterocycles. The molecular formula is C11H14O2S. The summed E-state index contributed by atoms with van der Waals surface area (Å²) in [4.78, 5) is 12.4. The predicted molar refractivity (Wildman–Crippen MR) is 58.4 cm³/mol. The molecule has 0 unspecified atom stereocenters. The Morgan fingerprint density at radius 1 is 1.64 bits per heavy atom. The largest absolute Gasteiger partial charge is 0.461 e. The number of allylic oxidation sites excluding steroid dienone is 1. The Morgan fingerprint density at radius 2 is 2.50 bits per heavy atom. The van der Waals surface area contributed by atoms with E-state index in [2.05, 4.69) is 0 Å². The number of thiophene rings is 1. The summed E-state index contributed by atoms with van der Waals surface area (Å²) in [5.74, 6) is -0.128. The molecule has 0 aliphatic rings. The predicted octanol–water partition coefficient (Wildman–Crippen LogP) is 2.80. The molecule has 0 saturated carbocycles. The third kappa shape index (κ3) is 4.23. The Labute approximate surface area is 88.2 Å². The molecule has 2 nitrogen and oxygen atoms in total. The first-order valence-corrected chi connectivity index (χ1v) is 5.50. The van der Waals surface area contributed by atoms with Crippen molar-refractivity contribution in [3.05, 3.63) is 34.5 Å². The molecular weight excluding hydrogens is 196 g/mol. The molecule has 3 heteroatoms. The van der Waals surface area contributed by atoms with E-state index in [1.165, 1.54) is 4.88 Å². The summed E-state index contributed by atoms with van der Waals surface area (Å²) in [6, 6.07) is 4.02. The maximum Gasteiger partial charge on any atom is 0.306 e. The fourth-order valence-electron chi connectivity index (χ4n) is 0.990. The Balaban J connectivity index is 2.15. The van der Waals surface area contributed by atoms with Crippen molar-refractivity contribution in [2.75, 3.05) is 6.61 Å². The van der Waals surface area contributed by atoms with Gasteiger partial charge in [-0.05, 0) is 24.8 Å². The lowest BCUT2D eigenvalue weighted by molar-refractivity contribution is -0.142. The average Bonchev–Trinajstić information content (AvgIpc) is 2.68. The minimum Gasteiger partial charge on any atom is -0.461 e. The van der Waals surface area contributed by atoms with Crippen molar-refractivity contribution in [1.29, 1.82) is 0 Å². The van der Waals surface area contributed by atoms with Gasteiger partial charge in [0.15, 0.2) is 0 Å². The highest BCUT2D eigenvalue weighted by atomic mass is 32.1. The zero-order valence-electron chi connectivity index (χ0n) is 8.23. The van der Waals surface area contributed by atoms with Crippen LogP contribution in [0.3, 0.4) is 0 Å². The highest BCUT2D eigenvalue weighted by Crippen LogP contribution is 2.10. The van der Waals surface area contributed by atoms with Crippen LogP contribution >= 0.6 is 11.3 Å². The van der Waals surface area contributed by atoms with Crippen LogP contribution < -0.4 is 0 Å². The first-order valence-electron chi connectivity index (χ1n) is 4.62. The summed E-state index contributed by atoms with van der Waals surface area (Å²) in [7, 11) is 0. The molecule has 0 N–H and O–H groups in total. The van der Waals surface area contributed by atoms with Crippen LogP contribution in [0.4, 0.5) is 0 Å². The third-order valence-electron chi connectivity index (χ3n) is 1.73. The second-order valence-electron chi connectivity index (χ2n) is 2.83. The number of hydrogen-bond donors (Lipinski definition) is 0. The van der Waals surface area contributed by atoms with E-state index >= 15 is 0 Å². The minimum atomic E-state index is -0.128. The van der Waals surface area contributed by atoms with Gasteiger partial charge < -0.3 is 4.74 Å². The fraction of sp³-hybridized carbons (Fsp3) is 0.364. The lowest BCUT2D eigenvalue weighted by Gasteiger charge is -2.00. The molecule has 76 valence electrons. The zero-order chi connectivity index (χ0) is 10.2. The van der Waals surface area contributed by atoms with Gasteiger partial charge in [0, 0.05) is 4.88 Å². The van der Waals surface area contributed by atoms with Crippen molar-refractivity contribution >= 4 is 17.3 Å². The lowest BCUT2D eigenvalue weighted by atomic mass is 10.3. The molecule has 0 radical (unpaired) electrons. The summed E-state index contributed by atoms with van der Waals surface area (Å²) in [5.41, 5.74) is 0.